The fraction of sp³-hybridized carbons (Fsp3) is 0.333. The van der Waals surface area contributed by atoms with E-state index in [1.54, 1.807) is 30.3 Å². The maximum absolute atomic E-state index is 12.0. The van der Waals surface area contributed by atoms with Crippen LogP contribution in [0.15, 0.2) is 47.3 Å². The van der Waals surface area contributed by atoms with E-state index in [9.17, 15) is 9.59 Å². The topological polar surface area (TPSA) is 95.8 Å². The summed E-state index contributed by atoms with van der Waals surface area (Å²) in [6.07, 6.45) is 2.81. The molecule has 0 spiro atoms. The second kappa shape index (κ2) is 9.02. The molecule has 8 nitrogen and oxygen atoms in total. The highest BCUT2D eigenvalue weighted by atomic mass is 16.5. The van der Waals surface area contributed by atoms with Crippen LogP contribution < -0.4 is 16.0 Å². The van der Waals surface area contributed by atoms with E-state index in [0.29, 0.717) is 23.5 Å². The number of ether oxygens (including phenoxy) is 1. The van der Waals surface area contributed by atoms with Crippen LogP contribution in [0.4, 0.5) is 16.2 Å². The summed E-state index contributed by atoms with van der Waals surface area (Å²) >= 11 is 0. The van der Waals surface area contributed by atoms with Crippen molar-refractivity contribution in [1.82, 2.24) is 10.2 Å². The molecule has 1 fully saturated rings. The fourth-order valence-corrected chi connectivity index (χ4v) is 2.60. The number of benzene rings is 1. The number of carbonyl (C=O) groups excluding carboxylic acids is 2. The van der Waals surface area contributed by atoms with Gasteiger partial charge in [0.05, 0.1) is 25.0 Å². The van der Waals surface area contributed by atoms with E-state index in [2.05, 4.69) is 20.9 Å². The predicted molar refractivity (Wildman–Crippen MR) is 97.4 cm³/mol. The van der Waals surface area contributed by atoms with Crippen LogP contribution in [0.2, 0.25) is 0 Å². The zero-order chi connectivity index (χ0) is 18.2. The molecule has 0 saturated carbocycles. The van der Waals surface area contributed by atoms with Crippen LogP contribution in [-0.2, 0) is 4.74 Å². The molecule has 2 aromatic rings. The quantitative estimate of drug-likeness (QED) is 0.734. The van der Waals surface area contributed by atoms with Crippen LogP contribution in [0.5, 0.6) is 0 Å². The van der Waals surface area contributed by atoms with Crippen molar-refractivity contribution in [2.24, 2.45) is 0 Å². The van der Waals surface area contributed by atoms with Crippen LogP contribution in [0, 0.1) is 0 Å². The Morgan fingerprint density at radius 1 is 1.08 bits per heavy atom. The number of urea groups is 1. The molecule has 3 N–H and O–H groups in total. The lowest BCUT2D eigenvalue weighted by atomic mass is 10.2. The summed E-state index contributed by atoms with van der Waals surface area (Å²) in [5.41, 5.74) is 1.62. The lowest BCUT2D eigenvalue weighted by molar-refractivity contribution is 0.0388. The maximum atomic E-state index is 12.0. The summed E-state index contributed by atoms with van der Waals surface area (Å²) in [6, 6.07) is 8.26. The number of nitrogens with zero attached hydrogens (tertiary/aromatic N) is 1. The van der Waals surface area contributed by atoms with Crippen LogP contribution in [0.3, 0.4) is 0 Å². The Morgan fingerprint density at radius 2 is 1.85 bits per heavy atom. The first kappa shape index (κ1) is 18.0. The van der Waals surface area contributed by atoms with Gasteiger partial charge in [0, 0.05) is 37.6 Å². The summed E-state index contributed by atoms with van der Waals surface area (Å²) in [5.74, 6) is -0.272. The lowest BCUT2D eigenvalue weighted by Gasteiger charge is -2.26. The Bertz CT molecular complexity index is 727. The summed E-state index contributed by atoms with van der Waals surface area (Å²) in [6.45, 7) is 4.61. The number of morpholine rings is 1. The van der Waals surface area contributed by atoms with Gasteiger partial charge in [-0.1, -0.05) is 6.07 Å². The van der Waals surface area contributed by atoms with Crippen LogP contribution in [0.1, 0.15) is 10.4 Å². The van der Waals surface area contributed by atoms with Crippen LogP contribution in [0.25, 0.3) is 0 Å². The predicted octanol–water partition coefficient (Wildman–Crippen LogP) is 1.99. The molecule has 0 unspecified atom stereocenters. The first-order valence-corrected chi connectivity index (χ1v) is 8.49. The highest BCUT2D eigenvalue weighted by molar-refractivity contribution is 6.04. The molecule has 1 aliphatic rings. The molecule has 1 aliphatic heterocycles. The summed E-state index contributed by atoms with van der Waals surface area (Å²) in [5, 5.41) is 8.35. The molecule has 0 atom stereocenters. The third kappa shape index (κ3) is 5.33. The molecule has 3 rings (SSSR count). The van der Waals surface area contributed by atoms with Crippen molar-refractivity contribution in [1.29, 1.82) is 0 Å². The van der Waals surface area contributed by atoms with Gasteiger partial charge < -0.3 is 25.1 Å². The average molecular weight is 358 g/mol. The number of nitrogens with one attached hydrogen (secondary N) is 3. The minimum Gasteiger partial charge on any atom is -0.472 e. The monoisotopic (exact) mass is 358 g/mol. The van der Waals surface area contributed by atoms with E-state index in [4.69, 9.17) is 9.15 Å². The molecule has 138 valence electrons. The van der Waals surface area contributed by atoms with E-state index in [1.165, 1.54) is 12.5 Å². The van der Waals surface area contributed by atoms with Gasteiger partial charge in [-0.15, -0.1) is 0 Å². The standard InChI is InChI=1S/C18H22N4O4/c23-17(14-4-9-26-13-14)20-15-2-1-3-16(12-15)21-18(24)19-5-6-22-7-10-25-11-8-22/h1-4,9,12-13H,5-8,10-11H2,(H,20,23)(H2,19,21,24). The zero-order valence-corrected chi connectivity index (χ0v) is 14.4. The van der Waals surface area contributed by atoms with Crippen molar-refractivity contribution in [2.75, 3.05) is 50.0 Å². The molecule has 2 heterocycles. The number of furan rings is 1. The van der Waals surface area contributed by atoms with Crippen LogP contribution >= 0.6 is 0 Å². The number of hydrogen-bond donors (Lipinski definition) is 3. The molecule has 1 saturated heterocycles. The van der Waals surface area contributed by atoms with Gasteiger partial charge in [-0.05, 0) is 24.3 Å². The minimum atomic E-state index is -0.281. The molecular weight excluding hydrogens is 336 g/mol. The van der Waals surface area contributed by atoms with Gasteiger partial charge in [0.15, 0.2) is 0 Å². The lowest BCUT2D eigenvalue weighted by Crippen LogP contribution is -2.42. The van der Waals surface area contributed by atoms with Crippen molar-refractivity contribution in [3.8, 4) is 0 Å². The Hall–Kier alpha value is -2.84. The molecule has 0 aliphatic carbocycles. The molecule has 1 aromatic carbocycles. The molecule has 8 heteroatoms. The highest BCUT2D eigenvalue weighted by Crippen LogP contribution is 2.16. The van der Waals surface area contributed by atoms with Crippen molar-refractivity contribution in [2.45, 2.75) is 0 Å². The average Bonchev–Trinajstić information content (AvgIpc) is 3.18. The van der Waals surface area contributed by atoms with E-state index < -0.39 is 0 Å². The summed E-state index contributed by atoms with van der Waals surface area (Å²) < 4.78 is 10.2. The Morgan fingerprint density at radius 3 is 2.58 bits per heavy atom. The number of hydrogen-bond acceptors (Lipinski definition) is 5. The van der Waals surface area contributed by atoms with Gasteiger partial charge in [0.2, 0.25) is 0 Å². The highest BCUT2D eigenvalue weighted by Gasteiger charge is 2.11. The first-order valence-electron chi connectivity index (χ1n) is 8.49. The molecule has 0 radical (unpaired) electrons. The van der Waals surface area contributed by atoms with Gasteiger partial charge in [0.25, 0.3) is 5.91 Å². The number of amides is 3. The summed E-state index contributed by atoms with van der Waals surface area (Å²) in [4.78, 5) is 26.3. The normalized spacial score (nSPS) is 14.6. The third-order valence-corrected chi connectivity index (χ3v) is 3.98. The van der Waals surface area contributed by atoms with Crippen molar-refractivity contribution in [3.63, 3.8) is 0 Å². The second-order valence-corrected chi connectivity index (χ2v) is 5.88. The molecule has 0 bridgehead atoms. The Kier molecular flexibility index (Phi) is 6.24. The second-order valence-electron chi connectivity index (χ2n) is 5.88. The first-order chi connectivity index (χ1) is 12.7. The van der Waals surface area contributed by atoms with Crippen molar-refractivity contribution >= 4 is 23.3 Å². The Balaban J connectivity index is 1.45. The maximum Gasteiger partial charge on any atom is 0.319 e. The largest absolute Gasteiger partial charge is 0.472 e. The van der Waals surface area contributed by atoms with Gasteiger partial charge in [-0.3, -0.25) is 9.69 Å². The third-order valence-electron chi connectivity index (χ3n) is 3.98. The number of rotatable bonds is 6. The van der Waals surface area contributed by atoms with E-state index in [1.807, 2.05) is 0 Å². The van der Waals surface area contributed by atoms with Gasteiger partial charge in [-0.2, -0.15) is 0 Å². The van der Waals surface area contributed by atoms with Crippen LogP contribution in [-0.4, -0.2) is 56.2 Å². The molecule has 1 aromatic heterocycles. The minimum absolute atomic E-state index is 0.272. The molecule has 26 heavy (non-hydrogen) atoms. The summed E-state index contributed by atoms with van der Waals surface area (Å²) in [7, 11) is 0. The van der Waals surface area contributed by atoms with Gasteiger partial charge >= 0.3 is 6.03 Å². The van der Waals surface area contributed by atoms with E-state index in [0.717, 1.165) is 32.8 Å². The Labute approximate surface area is 151 Å². The van der Waals surface area contributed by atoms with E-state index >= 15 is 0 Å². The molecule has 3 amide bonds. The van der Waals surface area contributed by atoms with Gasteiger partial charge in [0.1, 0.15) is 6.26 Å². The fourth-order valence-electron chi connectivity index (χ4n) is 2.60. The van der Waals surface area contributed by atoms with Gasteiger partial charge in [-0.25, -0.2) is 4.79 Å². The van der Waals surface area contributed by atoms with Crippen molar-refractivity contribution in [3.05, 3.63) is 48.4 Å². The zero-order valence-electron chi connectivity index (χ0n) is 14.4. The number of anilines is 2. The SMILES string of the molecule is O=C(NCCN1CCOCC1)Nc1cccc(NC(=O)c2ccoc2)c1. The number of carbonyl (C=O) groups is 2. The van der Waals surface area contributed by atoms with Crippen molar-refractivity contribution < 1.29 is 18.7 Å². The molecular formula is C18H22N4O4. The smallest absolute Gasteiger partial charge is 0.319 e. The van der Waals surface area contributed by atoms with E-state index in [-0.39, 0.29) is 11.9 Å².